The summed E-state index contributed by atoms with van der Waals surface area (Å²) < 4.78 is 9.72. The SMILES string of the molecule is COC(=O)c1c(NC(=O)COCC(=O)O)sc2c1CC[C@@H](c1ccccc1)C2. The van der Waals surface area contributed by atoms with Gasteiger partial charge in [0.2, 0.25) is 0 Å². The van der Waals surface area contributed by atoms with Crippen LogP contribution in [0, 0.1) is 0 Å². The topological polar surface area (TPSA) is 102 Å². The summed E-state index contributed by atoms with van der Waals surface area (Å²) in [5.74, 6) is -1.79. The predicted octanol–water partition coefficient (Wildman–Crippen LogP) is 2.85. The van der Waals surface area contributed by atoms with Crippen LogP contribution in [0.1, 0.15) is 38.7 Å². The number of esters is 1. The lowest BCUT2D eigenvalue weighted by molar-refractivity contribution is -0.143. The fourth-order valence-corrected chi connectivity index (χ4v) is 4.73. The van der Waals surface area contributed by atoms with E-state index in [2.05, 4.69) is 17.4 Å². The fraction of sp³-hybridized carbons (Fsp3) is 0.350. The maximum absolute atomic E-state index is 12.3. The Kier molecular flexibility index (Phi) is 6.43. The van der Waals surface area contributed by atoms with Crippen LogP contribution in [0.5, 0.6) is 0 Å². The molecule has 0 radical (unpaired) electrons. The summed E-state index contributed by atoms with van der Waals surface area (Å²) in [5, 5.41) is 11.7. The van der Waals surface area contributed by atoms with Gasteiger partial charge in [0.05, 0.1) is 12.7 Å². The van der Waals surface area contributed by atoms with Crippen LogP contribution in [0.4, 0.5) is 5.00 Å². The average Bonchev–Trinajstić information content (AvgIpc) is 3.04. The van der Waals surface area contributed by atoms with Gasteiger partial charge in [0.1, 0.15) is 18.2 Å². The number of methoxy groups -OCH3 is 1. The highest BCUT2D eigenvalue weighted by atomic mass is 32.1. The molecule has 0 saturated heterocycles. The minimum absolute atomic E-state index is 0.361. The number of carboxylic acids is 1. The van der Waals surface area contributed by atoms with Crippen LogP contribution in [0.25, 0.3) is 0 Å². The van der Waals surface area contributed by atoms with E-state index in [9.17, 15) is 14.4 Å². The molecular formula is C20H21NO6S. The number of carbonyl (C=O) groups is 3. The number of amides is 1. The summed E-state index contributed by atoms with van der Waals surface area (Å²) in [5.41, 5.74) is 2.57. The summed E-state index contributed by atoms with van der Waals surface area (Å²) in [7, 11) is 1.31. The van der Waals surface area contributed by atoms with Gasteiger partial charge < -0.3 is 19.9 Å². The van der Waals surface area contributed by atoms with Crippen LogP contribution < -0.4 is 5.32 Å². The Balaban J connectivity index is 1.80. The smallest absolute Gasteiger partial charge is 0.341 e. The van der Waals surface area contributed by atoms with Gasteiger partial charge in [-0.2, -0.15) is 0 Å². The zero-order chi connectivity index (χ0) is 20.1. The van der Waals surface area contributed by atoms with Gasteiger partial charge >= 0.3 is 11.9 Å². The molecule has 2 N–H and O–H groups in total. The highest BCUT2D eigenvalue weighted by Gasteiger charge is 2.30. The molecule has 1 aromatic carbocycles. The molecule has 1 aliphatic rings. The van der Waals surface area contributed by atoms with Crippen molar-refractivity contribution in [2.75, 3.05) is 25.6 Å². The normalized spacial score (nSPS) is 15.5. The van der Waals surface area contributed by atoms with E-state index >= 15 is 0 Å². The Morgan fingerprint density at radius 2 is 1.96 bits per heavy atom. The van der Waals surface area contributed by atoms with Gasteiger partial charge in [0.25, 0.3) is 5.91 Å². The molecule has 0 unspecified atom stereocenters. The first-order chi connectivity index (χ1) is 13.5. The van der Waals surface area contributed by atoms with Crippen molar-refractivity contribution in [2.45, 2.75) is 25.2 Å². The number of anilines is 1. The molecule has 0 fully saturated rings. The van der Waals surface area contributed by atoms with Gasteiger partial charge in [-0.25, -0.2) is 9.59 Å². The first-order valence-electron chi connectivity index (χ1n) is 8.86. The van der Waals surface area contributed by atoms with Gasteiger partial charge in [-0.15, -0.1) is 11.3 Å². The number of carbonyl (C=O) groups excluding carboxylic acids is 2. The lowest BCUT2D eigenvalue weighted by atomic mass is 9.83. The molecule has 1 aromatic heterocycles. The fourth-order valence-electron chi connectivity index (χ4n) is 3.40. The average molecular weight is 403 g/mol. The van der Waals surface area contributed by atoms with E-state index in [0.29, 0.717) is 16.5 Å². The molecule has 1 atom stereocenters. The quantitative estimate of drug-likeness (QED) is 0.690. The van der Waals surface area contributed by atoms with E-state index in [-0.39, 0.29) is 0 Å². The molecule has 2 aromatic rings. The number of thiophene rings is 1. The second-order valence-electron chi connectivity index (χ2n) is 6.48. The van der Waals surface area contributed by atoms with E-state index in [0.717, 1.165) is 29.7 Å². The Bertz CT molecular complexity index is 876. The van der Waals surface area contributed by atoms with Crippen molar-refractivity contribution < 1.29 is 29.0 Å². The molecule has 0 aliphatic heterocycles. The van der Waals surface area contributed by atoms with Crippen molar-refractivity contribution in [3.63, 3.8) is 0 Å². The third-order valence-electron chi connectivity index (χ3n) is 4.64. The summed E-state index contributed by atoms with van der Waals surface area (Å²) in [6, 6.07) is 10.2. The van der Waals surface area contributed by atoms with Crippen LogP contribution >= 0.6 is 11.3 Å². The van der Waals surface area contributed by atoms with Crippen LogP contribution in [0.3, 0.4) is 0 Å². The minimum atomic E-state index is -1.15. The van der Waals surface area contributed by atoms with Crippen LogP contribution in [0.15, 0.2) is 30.3 Å². The predicted molar refractivity (Wildman–Crippen MR) is 104 cm³/mol. The Morgan fingerprint density at radius 3 is 2.64 bits per heavy atom. The minimum Gasteiger partial charge on any atom is -0.480 e. The Hall–Kier alpha value is -2.71. The molecule has 8 heteroatoms. The lowest BCUT2D eigenvalue weighted by Gasteiger charge is -2.22. The monoisotopic (exact) mass is 403 g/mol. The summed E-state index contributed by atoms with van der Waals surface area (Å²) >= 11 is 1.37. The second kappa shape index (κ2) is 8.99. The number of benzene rings is 1. The number of aliphatic carboxylic acids is 1. The molecule has 1 aliphatic carbocycles. The zero-order valence-corrected chi connectivity index (χ0v) is 16.2. The molecule has 0 spiro atoms. The van der Waals surface area contributed by atoms with Gasteiger partial charge in [-0.1, -0.05) is 30.3 Å². The molecule has 0 saturated carbocycles. The molecule has 148 valence electrons. The van der Waals surface area contributed by atoms with Gasteiger partial charge in [0, 0.05) is 4.88 Å². The van der Waals surface area contributed by atoms with Crippen molar-refractivity contribution >= 4 is 34.2 Å². The van der Waals surface area contributed by atoms with Crippen molar-refractivity contribution in [2.24, 2.45) is 0 Å². The van der Waals surface area contributed by atoms with Crippen molar-refractivity contribution in [1.29, 1.82) is 0 Å². The van der Waals surface area contributed by atoms with E-state index in [4.69, 9.17) is 14.6 Å². The number of hydrogen-bond donors (Lipinski definition) is 2. The van der Waals surface area contributed by atoms with Crippen molar-refractivity contribution in [1.82, 2.24) is 0 Å². The molecular weight excluding hydrogens is 382 g/mol. The van der Waals surface area contributed by atoms with E-state index < -0.39 is 31.1 Å². The summed E-state index contributed by atoms with van der Waals surface area (Å²) in [6.07, 6.45) is 2.42. The van der Waals surface area contributed by atoms with Crippen molar-refractivity contribution in [3.8, 4) is 0 Å². The molecule has 28 heavy (non-hydrogen) atoms. The summed E-state index contributed by atoms with van der Waals surface area (Å²) in [4.78, 5) is 36.0. The first kappa shape index (κ1) is 20.0. The highest BCUT2D eigenvalue weighted by Crippen LogP contribution is 2.42. The van der Waals surface area contributed by atoms with Crippen LogP contribution in [-0.4, -0.2) is 43.3 Å². The standard InChI is InChI=1S/C20H21NO6S/c1-26-20(25)18-14-8-7-13(12-5-3-2-4-6-12)9-15(14)28-19(18)21-16(22)10-27-11-17(23)24/h2-6,13H,7-11H2,1H3,(H,21,22)(H,23,24)/t13-/m1/s1. The number of hydrogen-bond acceptors (Lipinski definition) is 6. The van der Waals surface area contributed by atoms with Gasteiger partial charge in [-0.05, 0) is 36.3 Å². The van der Waals surface area contributed by atoms with E-state index in [1.165, 1.54) is 24.0 Å². The second-order valence-corrected chi connectivity index (χ2v) is 7.59. The molecule has 1 amide bonds. The molecule has 3 rings (SSSR count). The zero-order valence-electron chi connectivity index (χ0n) is 15.4. The van der Waals surface area contributed by atoms with Gasteiger partial charge in [0.15, 0.2) is 0 Å². The first-order valence-corrected chi connectivity index (χ1v) is 9.68. The number of rotatable bonds is 7. The maximum atomic E-state index is 12.3. The Morgan fingerprint density at radius 1 is 1.21 bits per heavy atom. The molecule has 0 bridgehead atoms. The Labute approximate surface area is 166 Å². The van der Waals surface area contributed by atoms with Crippen molar-refractivity contribution in [3.05, 3.63) is 51.9 Å². The van der Waals surface area contributed by atoms with E-state index in [1.54, 1.807) is 0 Å². The number of nitrogens with one attached hydrogen (secondary N) is 1. The van der Waals surface area contributed by atoms with E-state index in [1.807, 2.05) is 18.2 Å². The molecule has 7 nitrogen and oxygen atoms in total. The number of ether oxygens (including phenoxy) is 2. The van der Waals surface area contributed by atoms with Crippen LogP contribution in [-0.2, 0) is 31.9 Å². The molecule has 1 heterocycles. The number of carboxylic acid groups (broad SMARTS) is 1. The highest BCUT2D eigenvalue weighted by molar-refractivity contribution is 7.17. The maximum Gasteiger partial charge on any atom is 0.341 e. The third kappa shape index (κ3) is 4.58. The summed E-state index contributed by atoms with van der Waals surface area (Å²) in [6.45, 7) is -0.959. The third-order valence-corrected chi connectivity index (χ3v) is 5.81. The van der Waals surface area contributed by atoms with Crippen LogP contribution in [0.2, 0.25) is 0 Å². The number of fused-ring (bicyclic) bond motifs is 1. The largest absolute Gasteiger partial charge is 0.480 e. The van der Waals surface area contributed by atoms with Gasteiger partial charge in [-0.3, -0.25) is 4.79 Å². The lowest BCUT2D eigenvalue weighted by Crippen LogP contribution is -2.21.